The van der Waals surface area contributed by atoms with Gasteiger partial charge in [0.05, 0.1) is 22.0 Å². The van der Waals surface area contributed by atoms with Gasteiger partial charge in [-0.05, 0) is 97.2 Å². The van der Waals surface area contributed by atoms with Crippen molar-refractivity contribution in [3.8, 4) is 11.1 Å². The lowest BCUT2D eigenvalue weighted by Crippen LogP contribution is -2.52. The summed E-state index contributed by atoms with van der Waals surface area (Å²) in [5.74, 6) is 0.410. The van der Waals surface area contributed by atoms with Crippen LogP contribution in [0.15, 0.2) is 67.0 Å². The number of pyridine rings is 1. The first kappa shape index (κ1) is 32.6. The summed E-state index contributed by atoms with van der Waals surface area (Å²) in [7, 11) is 1.86. The molecule has 10 nitrogen and oxygen atoms in total. The molecule has 2 fully saturated rings. The molecule has 1 aliphatic heterocycles. The van der Waals surface area contributed by atoms with Gasteiger partial charge in [-0.2, -0.15) is 5.10 Å². The second-order valence-corrected chi connectivity index (χ2v) is 16.0. The molecule has 2 aliphatic carbocycles. The Balaban J connectivity index is 1.03. The second kappa shape index (κ2) is 12.6. The van der Waals surface area contributed by atoms with Gasteiger partial charge in [-0.3, -0.25) is 14.8 Å². The van der Waals surface area contributed by atoms with Crippen molar-refractivity contribution in [1.82, 2.24) is 19.7 Å². The number of anilines is 2. The summed E-state index contributed by atoms with van der Waals surface area (Å²) in [5.41, 5.74) is 4.73. The van der Waals surface area contributed by atoms with E-state index in [2.05, 4.69) is 35.2 Å². The van der Waals surface area contributed by atoms with Gasteiger partial charge in [0.25, 0.3) is 5.91 Å². The molecular formula is C39H42N6O4S. The predicted octanol–water partition coefficient (Wildman–Crippen LogP) is 7.69. The molecule has 2 bridgehead atoms. The third kappa shape index (κ3) is 6.06. The summed E-state index contributed by atoms with van der Waals surface area (Å²) < 4.78 is 9.18. The van der Waals surface area contributed by atoms with Crippen LogP contribution >= 0.6 is 11.3 Å². The molecular weight excluding hydrogens is 649 g/mol. The molecule has 2 aromatic carbocycles. The zero-order chi connectivity index (χ0) is 34.6. The third-order valence-corrected chi connectivity index (χ3v) is 12.0. The van der Waals surface area contributed by atoms with Crippen LogP contribution in [0.4, 0.5) is 10.9 Å². The molecule has 1 amide bonds. The van der Waals surface area contributed by atoms with Crippen LogP contribution in [0.2, 0.25) is 0 Å². The quantitative estimate of drug-likeness (QED) is 0.170. The zero-order valence-electron chi connectivity index (χ0n) is 28.7. The van der Waals surface area contributed by atoms with Crippen molar-refractivity contribution in [2.45, 2.75) is 71.1 Å². The van der Waals surface area contributed by atoms with Gasteiger partial charge in [-0.1, -0.05) is 49.4 Å². The number of aromatic carboxylic acids is 1. The number of hydrogen-bond donors (Lipinski definition) is 2. The first-order valence-corrected chi connectivity index (χ1v) is 18.3. The van der Waals surface area contributed by atoms with Crippen molar-refractivity contribution < 1.29 is 19.4 Å². The van der Waals surface area contributed by atoms with E-state index in [1.807, 2.05) is 71.4 Å². The summed E-state index contributed by atoms with van der Waals surface area (Å²) in [6.07, 6.45) is 9.94. The van der Waals surface area contributed by atoms with E-state index >= 15 is 0 Å². The third-order valence-electron chi connectivity index (χ3n) is 11.0. The van der Waals surface area contributed by atoms with Crippen molar-refractivity contribution in [3.63, 3.8) is 0 Å². The van der Waals surface area contributed by atoms with Crippen LogP contribution in [0.5, 0.6) is 0 Å². The number of carboxylic acid groups (broad SMARTS) is 1. The van der Waals surface area contributed by atoms with Gasteiger partial charge in [-0.15, -0.1) is 0 Å². The maximum Gasteiger partial charge on any atom is 0.355 e. The number of nitrogens with zero attached hydrogens (tertiary/aromatic N) is 5. The molecule has 50 heavy (non-hydrogen) atoms. The summed E-state index contributed by atoms with van der Waals surface area (Å²) in [6.45, 7) is 6.53. The number of rotatable bonds is 8. The summed E-state index contributed by atoms with van der Waals surface area (Å²) in [5, 5.41) is 18.6. The molecule has 2 saturated carbocycles. The number of amides is 1. The minimum atomic E-state index is -1.09. The van der Waals surface area contributed by atoms with Crippen LogP contribution in [0.1, 0.15) is 77.9 Å². The molecule has 4 heterocycles. The number of thiazole rings is 1. The topological polar surface area (TPSA) is 122 Å². The zero-order valence-corrected chi connectivity index (χ0v) is 29.5. The molecule has 8 rings (SSSR count). The number of ether oxygens (including phenoxy) is 1. The van der Waals surface area contributed by atoms with Gasteiger partial charge in [0.2, 0.25) is 0 Å². The normalized spacial score (nSPS) is 24.6. The number of nitrogens with one attached hydrogen (secondary N) is 1. The average Bonchev–Trinajstić information content (AvgIpc) is 3.73. The van der Waals surface area contributed by atoms with Crippen LogP contribution in [0.25, 0.3) is 21.3 Å². The van der Waals surface area contributed by atoms with E-state index in [9.17, 15) is 14.7 Å². The van der Waals surface area contributed by atoms with Crippen LogP contribution in [0, 0.1) is 17.3 Å². The lowest BCUT2D eigenvalue weighted by atomic mass is 9.54. The number of fused-ring (bicyclic) bond motifs is 4. The largest absolute Gasteiger partial charge is 0.476 e. The Morgan fingerprint density at radius 3 is 2.58 bits per heavy atom. The Morgan fingerprint density at radius 2 is 1.82 bits per heavy atom. The molecule has 0 spiro atoms. The highest BCUT2D eigenvalue weighted by Gasteiger charge is 2.52. The van der Waals surface area contributed by atoms with Gasteiger partial charge in [0, 0.05) is 49.6 Å². The molecule has 0 radical (unpaired) electrons. The van der Waals surface area contributed by atoms with Gasteiger partial charge in [0.15, 0.2) is 10.8 Å². The number of methoxy groups -OCH3 is 1. The fourth-order valence-corrected chi connectivity index (χ4v) is 10.3. The number of para-hydroxylation sites is 1. The van der Waals surface area contributed by atoms with E-state index in [-0.39, 0.29) is 22.6 Å². The fourth-order valence-electron chi connectivity index (χ4n) is 9.49. The maximum absolute atomic E-state index is 13.5. The SMILES string of the molecule is COC12CC(C)CC(Cn3cc(-c4ccc(N5CCc6cccc(C(=O)Nc7nc8ccccc8s7)c6C5)nc4C(=O)O)cn3)(CC(C)C1)C2. The predicted molar refractivity (Wildman–Crippen MR) is 195 cm³/mol. The Morgan fingerprint density at radius 1 is 1.02 bits per heavy atom. The number of hydrogen-bond acceptors (Lipinski definition) is 8. The molecule has 11 heteroatoms. The van der Waals surface area contributed by atoms with Crippen molar-refractivity contribution in [3.05, 3.63) is 89.4 Å². The second-order valence-electron chi connectivity index (χ2n) is 14.9. The summed E-state index contributed by atoms with van der Waals surface area (Å²) in [6, 6.07) is 17.3. The standard InChI is InChI=1S/C39H42N6O4S/c1-24-15-38(16-25(2)18-39(17-24,22-38)49-3)23-45-20-27(19-40-45)28-11-12-33(42-34(28)36(47)48)44-14-13-26-7-6-8-29(30(26)21-44)35(46)43-37-41-31-9-4-5-10-32(31)50-37/h4-12,19-20,24-25H,13-18,21-23H2,1-3H3,(H,47,48)(H,41,43,46). The van der Waals surface area contributed by atoms with Gasteiger partial charge < -0.3 is 14.7 Å². The highest BCUT2D eigenvalue weighted by molar-refractivity contribution is 7.22. The lowest BCUT2D eigenvalue weighted by molar-refractivity contribution is -0.146. The first-order valence-electron chi connectivity index (χ1n) is 17.5. The molecule has 258 valence electrons. The van der Waals surface area contributed by atoms with Crippen LogP contribution in [-0.4, -0.2) is 56.0 Å². The Hall–Kier alpha value is -4.61. The van der Waals surface area contributed by atoms with Crippen molar-refractivity contribution >= 4 is 44.4 Å². The number of carbonyl (C=O) groups is 2. The van der Waals surface area contributed by atoms with E-state index in [1.165, 1.54) is 11.3 Å². The molecule has 2 atom stereocenters. The van der Waals surface area contributed by atoms with E-state index < -0.39 is 5.97 Å². The molecule has 2 unspecified atom stereocenters. The van der Waals surface area contributed by atoms with Gasteiger partial charge in [-0.25, -0.2) is 14.8 Å². The lowest BCUT2D eigenvalue weighted by Gasteiger charge is -2.55. The number of aromatic nitrogens is 4. The van der Waals surface area contributed by atoms with E-state index in [0.717, 1.165) is 65.6 Å². The minimum Gasteiger partial charge on any atom is -0.476 e. The minimum absolute atomic E-state index is 0.0103. The van der Waals surface area contributed by atoms with E-state index in [0.29, 0.717) is 53.4 Å². The highest BCUT2D eigenvalue weighted by Crippen LogP contribution is 2.56. The molecule has 3 aromatic heterocycles. The van der Waals surface area contributed by atoms with Crippen LogP contribution in [-0.2, 0) is 24.2 Å². The van der Waals surface area contributed by atoms with Crippen molar-refractivity contribution in [2.24, 2.45) is 17.3 Å². The van der Waals surface area contributed by atoms with Crippen LogP contribution < -0.4 is 10.2 Å². The maximum atomic E-state index is 13.5. The van der Waals surface area contributed by atoms with E-state index in [4.69, 9.17) is 9.84 Å². The van der Waals surface area contributed by atoms with Crippen molar-refractivity contribution in [2.75, 3.05) is 23.9 Å². The number of carboxylic acids is 1. The Labute approximate surface area is 295 Å². The van der Waals surface area contributed by atoms with Crippen molar-refractivity contribution in [1.29, 1.82) is 0 Å². The van der Waals surface area contributed by atoms with Crippen LogP contribution in [0.3, 0.4) is 0 Å². The molecule has 2 N–H and O–H groups in total. The monoisotopic (exact) mass is 690 g/mol. The number of carbonyl (C=O) groups excluding carboxylic acids is 1. The summed E-state index contributed by atoms with van der Waals surface area (Å²) in [4.78, 5) is 37.5. The van der Waals surface area contributed by atoms with Gasteiger partial charge >= 0.3 is 5.97 Å². The molecule has 5 aromatic rings. The molecule has 3 aliphatic rings. The molecule has 0 saturated heterocycles. The first-order chi connectivity index (χ1) is 24.1. The smallest absolute Gasteiger partial charge is 0.355 e. The fraction of sp³-hybridized carbons (Fsp3) is 0.410. The van der Waals surface area contributed by atoms with Gasteiger partial charge in [0.1, 0.15) is 5.82 Å². The Bertz CT molecular complexity index is 2060. The average molecular weight is 691 g/mol. The Kier molecular flexibility index (Phi) is 8.22. The van der Waals surface area contributed by atoms with E-state index in [1.54, 1.807) is 6.20 Å². The highest BCUT2D eigenvalue weighted by atomic mass is 32.1. The number of benzene rings is 2. The summed E-state index contributed by atoms with van der Waals surface area (Å²) >= 11 is 1.44.